The SMILES string of the molecule is CC(=O)c1cccc(F)c1Oc1ccc([N+](=O)[O-])c(F)c1. The molecule has 0 aromatic heterocycles. The smallest absolute Gasteiger partial charge is 0.305 e. The Morgan fingerprint density at radius 1 is 1.19 bits per heavy atom. The second-order valence-corrected chi connectivity index (χ2v) is 4.15. The van der Waals surface area contributed by atoms with Crippen LogP contribution < -0.4 is 4.74 Å². The van der Waals surface area contributed by atoms with E-state index < -0.39 is 28.0 Å². The van der Waals surface area contributed by atoms with Crippen molar-refractivity contribution in [1.82, 2.24) is 0 Å². The molecule has 0 radical (unpaired) electrons. The molecule has 0 saturated heterocycles. The van der Waals surface area contributed by atoms with Gasteiger partial charge in [0.2, 0.25) is 5.82 Å². The summed E-state index contributed by atoms with van der Waals surface area (Å²) in [6.07, 6.45) is 0. The maximum Gasteiger partial charge on any atom is 0.305 e. The predicted molar refractivity (Wildman–Crippen MR) is 69.5 cm³/mol. The van der Waals surface area contributed by atoms with Crippen molar-refractivity contribution in [2.24, 2.45) is 0 Å². The van der Waals surface area contributed by atoms with E-state index in [9.17, 15) is 23.7 Å². The number of benzene rings is 2. The van der Waals surface area contributed by atoms with Gasteiger partial charge in [0.25, 0.3) is 0 Å². The van der Waals surface area contributed by atoms with Crippen LogP contribution in [0.4, 0.5) is 14.5 Å². The summed E-state index contributed by atoms with van der Waals surface area (Å²) >= 11 is 0. The van der Waals surface area contributed by atoms with Crippen LogP contribution in [0.25, 0.3) is 0 Å². The third kappa shape index (κ3) is 3.02. The molecule has 0 spiro atoms. The lowest BCUT2D eigenvalue weighted by atomic mass is 10.1. The van der Waals surface area contributed by atoms with Crippen molar-refractivity contribution >= 4 is 11.5 Å². The Balaban J connectivity index is 2.41. The normalized spacial score (nSPS) is 10.2. The number of nitrogens with zero attached hydrogens (tertiary/aromatic N) is 1. The topological polar surface area (TPSA) is 69.4 Å². The summed E-state index contributed by atoms with van der Waals surface area (Å²) in [6, 6.07) is 6.58. The molecular formula is C14H9F2NO4. The lowest BCUT2D eigenvalue weighted by molar-refractivity contribution is -0.387. The molecule has 0 bridgehead atoms. The van der Waals surface area contributed by atoms with E-state index in [-0.39, 0.29) is 17.1 Å². The van der Waals surface area contributed by atoms with Crippen LogP contribution in [-0.2, 0) is 0 Å². The molecule has 21 heavy (non-hydrogen) atoms. The van der Waals surface area contributed by atoms with E-state index in [4.69, 9.17) is 4.74 Å². The Hall–Kier alpha value is -2.83. The molecule has 0 saturated carbocycles. The van der Waals surface area contributed by atoms with E-state index >= 15 is 0 Å². The minimum atomic E-state index is -1.11. The molecule has 2 aromatic carbocycles. The number of rotatable bonds is 4. The average molecular weight is 293 g/mol. The third-order valence-corrected chi connectivity index (χ3v) is 2.68. The number of Topliss-reactive ketones (excluding diaryl/α,β-unsaturated/α-hetero) is 1. The zero-order chi connectivity index (χ0) is 15.6. The molecule has 0 aliphatic heterocycles. The van der Waals surface area contributed by atoms with Crippen molar-refractivity contribution in [2.45, 2.75) is 6.92 Å². The number of halogens is 2. The fraction of sp³-hybridized carbons (Fsp3) is 0.0714. The maximum atomic E-state index is 13.7. The van der Waals surface area contributed by atoms with E-state index in [1.54, 1.807) is 0 Å². The highest BCUT2D eigenvalue weighted by Gasteiger charge is 2.18. The quantitative estimate of drug-likeness (QED) is 0.487. The van der Waals surface area contributed by atoms with Crippen LogP contribution >= 0.6 is 0 Å². The lowest BCUT2D eigenvalue weighted by Gasteiger charge is -2.10. The monoisotopic (exact) mass is 293 g/mol. The van der Waals surface area contributed by atoms with E-state index in [0.717, 1.165) is 24.3 Å². The van der Waals surface area contributed by atoms with Gasteiger partial charge in [-0.2, -0.15) is 4.39 Å². The van der Waals surface area contributed by atoms with Crippen molar-refractivity contribution in [3.63, 3.8) is 0 Å². The number of ketones is 1. The summed E-state index contributed by atoms with van der Waals surface area (Å²) < 4.78 is 32.4. The van der Waals surface area contributed by atoms with Crippen molar-refractivity contribution in [3.8, 4) is 11.5 Å². The Labute approximate surface area is 117 Å². The molecule has 0 heterocycles. The fourth-order valence-corrected chi connectivity index (χ4v) is 1.71. The first kappa shape index (κ1) is 14.6. The van der Waals surface area contributed by atoms with Gasteiger partial charge in [0.1, 0.15) is 5.75 Å². The van der Waals surface area contributed by atoms with Gasteiger partial charge < -0.3 is 4.74 Å². The van der Waals surface area contributed by atoms with E-state index in [1.807, 2.05) is 0 Å². The van der Waals surface area contributed by atoms with Gasteiger partial charge in [0.05, 0.1) is 10.5 Å². The number of nitro benzene ring substituents is 1. The molecule has 7 heteroatoms. The summed E-state index contributed by atoms with van der Waals surface area (Å²) in [6.45, 7) is 1.23. The number of carbonyl (C=O) groups excluding carboxylic acids is 1. The Bertz CT molecular complexity index is 731. The molecular weight excluding hydrogens is 284 g/mol. The number of ether oxygens (including phenoxy) is 1. The van der Waals surface area contributed by atoms with E-state index in [1.165, 1.54) is 19.1 Å². The second kappa shape index (κ2) is 5.66. The highest BCUT2D eigenvalue weighted by Crippen LogP contribution is 2.31. The van der Waals surface area contributed by atoms with Crippen LogP contribution in [0.3, 0.4) is 0 Å². The van der Waals surface area contributed by atoms with Crippen molar-refractivity contribution in [1.29, 1.82) is 0 Å². The molecule has 0 atom stereocenters. The van der Waals surface area contributed by atoms with Gasteiger partial charge in [0, 0.05) is 12.1 Å². The Morgan fingerprint density at radius 2 is 1.90 bits per heavy atom. The molecule has 108 valence electrons. The van der Waals surface area contributed by atoms with Crippen molar-refractivity contribution < 1.29 is 23.2 Å². The van der Waals surface area contributed by atoms with Crippen LogP contribution in [0.1, 0.15) is 17.3 Å². The first-order valence-corrected chi connectivity index (χ1v) is 5.81. The minimum absolute atomic E-state index is 0.00578. The van der Waals surface area contributed by atoms with Gasteiger partial charge in [-0.3, -0.25) is 14.9 Å². The van der Waals surface area contributed by atoms with Crippen LogP contribution in [0.15, 0.2) is 36.4 Å². The third-order valence-electron chi connectivity index (χ3n) is 2.68. The number of nitro groups is 1. The zero-order valence-corrected chi connectivity index (χ0v) is 10.8. The molecule has 0 amide bonds. The molecule has 0 fully saturated rings. The van der Waals surface area contributed by atoms with Crippen LogP contribution in [0.2, 0.25) is 0 Å². The summed E-state index contributed by atoms with van der Waals surface area (Å²) in [5, 5.41) is 10.5. The molecule has 0 aliphatic carbocycles. The predicted octanol–water partition coefficient (Wildman–Crippen LogP) is 3.87. The molecule has 0 aliphatic rings. The van der Waals surface area contributed by atoms with Gasteiger partial charge >= 0.3 is 5.69 Å². The summed E-state index contributed by atoms with van der Waals surface area (Å²) in [4.78, 5) is 21.0. The molecule has 2 aromatic rings. The van der Waals surface area contributed by atoms with E-state index in [2.05, 4.69) is 0 Å². The summed E-state index contributed by atoms with van der Waals surface area (Å²) in [7, 11) is 0. The standard InChI is InChI=1S/C14H9F2NO4/c1-8(18)10-3-2-4-11(15)14(10)21-9-5-6-13(17(19)20)12(16)7-9/h2-7H,1H3. The number of carbonyl (C=O) groups is 1. The first-order valence-electron chi connectivity index (χ1n) is 5.81. The zero-order valence-electron chi connectivity index (χ0n) is 10.8. The highest BCUT2D eigenvalue weighted by molar-refractivity contribution is 5.96. The van der Waals surface area contributed by atoms with Crippen LogP contribution in [0.5, 0.6) is 11.5 Å². The first-order chi connectivity index (χ1) is 9.90. The number of hydrogen-bond acceptors (Lipinski definition) is 4. The molecule has 2 rings (SSSR count). The van der Waals surface area contributed by atoms with E-state index in [0.29, 0.717) is 0 Å². The molecule has 0 N–H and O–H groups in total. The second-order valence-electron chi connectivity index (χ2n) is 4.15. The van der Waals surface area contributed by atoms with Gasteiger partial charge in [-0.1, -0.05) is 6.07 Å². The summed E-state index contributed by atoms with van der Waals surface area (Å²) in [5.74, 6) is -2.82. The molecule has 0 unspecified atom stereocenters. The largest absolute Gasteiger partial charge is 0.453 e. The Kier molecular flexibility index (Phi) is 3.93. The molecule has 5 nitrogen and oxygen atoms in total. The maximum absolute atomic E-state index is 13.7. The number of hydrogen-bond donors (Lipinski definition) is 0. The van der Waals surface area contributed by atoms with Crippen molar-refractivity contribution in [3.05, 3.63) is 63.7 Å². The van der Waals surface area contributed by atoms with Crippen molar-refractivity contribution in [2.75, 3.05) is 0 Å². The van der Waals surface area contributed by atoms with Gasteiger partial charge in [-0.25, -0.2) is 4.39 Å². The lowest BCUT2D eigenvalue weighted by Crippen LogP contribution is -2.00. The number of para-hydroxylation sites is 1. The van der Waals surface area contributed by atoms with Gasteiger partial charge in [-0.15, -0.1) is 0 Å². The average Bonchev–Trinajstić information content (AvgIpc) is 2.40. The Morgan fingerprint density at radius 3 is 2.48 bits per heavy atom. The summed E-state index contributed by atoms with van der Waals surface area (Å²) in [5.41, 5.74) is -0.726. The van der Waals surface area contributed by atoms with Gasteiger partial charge in [0.15, 0.2) is 17.3 Å². The highest BCUT2D eigenvalue weighted by atomic mass is 19.1. The van der Waals surface area contributed by atoms with Crippen LogP contribution in [0, 0.1) is 21.7 Å². The minimum Gasteiger partial charge on any atom is -0.453 e. The van der Waals surface area contributed by atoms with Crippen LogP contribution in [-0.4, -0.2) is 10.7 Å². The fourth-order valence-electron chi connectivity index (χ4n) is 1.71. The van der Waals surface area contributed by atoms with Gasteiger partial charge in [-0.05, 0) is 25.1 Å².